The first-order valence-corrected chi connectivity index (χ1v) is 13.0. The summed E-state index contributed by atoms with van der Waals surface area (Å²) in [7, 11) is -3.65. The molecule has 2 aliphatic rings. The Hall–Kier alpha value is -2.66. The lowest BCUT2D eigenvalue weighted by atomic mass is 10.1. The van der Waals surface area contributed by atoms with Gasteiger partial charge in [0.15, 0.2) is 0 Å². The Morgan fingerprint density at radius 1 is 0.912 bits per heavy atom. The van der Waals surface area contributed by atoms with E-state index in [1.54, 1.807) is 0 Å². The Morgan fingerprint density at radius 3 is 2.29 bits per heavy atom. The largest absolute Gasteiger partial charge is 0.378 e. The van der Waals surface area contributed by atoms with E-state index >= 15 is 0 Å². The van der Waals surface area contributed by atoms with Crippen LogP contribution in [0.15, 0.2) is 53.4 Å². The summed E-state index contributed by atoms with van der Waals surface area (Å²) in [6, 6.07) is 12.9. The molecule has 0 aliphatic carbocycles. The van der Waals surface area contributed by atoms with Crippen molar-refractivity contribution in [3.05, 3.63) is 60.2 Å². The maximum absolute atomic E-state index is 13.2. The molecule has 5 rings (SSSR count). The summed E-state index contributed by atoms with van der Waals surface area (Å²) in [4.78, 5) is 14.4. The van der Waals surface area contributed by atoms with Crippen molar-refractivity contribution in [2.75, 3.05) is 57.4 Å². The molecular weight excluding hydrogens is 457 g/mol. The van der Waals surface area contributed by atoms with Gasteiger partial charge < -0.3 is 9.64 Å². The normalized spacial score (nSPS) is 19.4. The van der Waals surface area contributed by atoms with Crippen LogP contribution in [-0.2, 0) is 14.8 Å². The number of piperazine rings is 1. The number of nitrogens with zero attached hydrogens (tertiary/aromatic N) is 5. The van der Waals surface area contributed by atoms with Gasteiger partial charge in [-0.3, -0.25) is 4.90 Å². The molecule has 2 aromatic carbocycles. The fraction of sp³-hybridized carbons (Fsp3) is 0.417. The molecule has 0 N–H and O–H groups in total. The average molecular weight is 486 g/mol. The highest BCUT2D eigenvalue weighted by Crippen LogP contribution is 2.29. The van der Waals surface area contributed by atoms with Crippen LogP contribution in [0.4, 0.5) is 10.2 Å². The quantitative estimate of drug-likeness (QED) is 0.550. The minimum absolute atomic E-state index is 0.0694. The molecule has 1 atom stereocenters. The number of sulfonamides is 1. The fourth-order valence-corrected chi connectivity index (χ4v) is 5.95. The molecule has 0 bridgehead atoms. The Morgan fingerprint density at radius 2 is 1.59 bits per heavy atom. The van der Waals surface area contributed by atoms with Crippen molar-refractivity contribution in [1.29, 1.82) is 0 Å². The van der Waals surface area contributed by atoms with Gasteiger partial charge >= 0.3 is 0 Å². The van der Waals surface area contributed by atoms with Gasteiger partial charge in [-0.15, -0.1) is 0 Å². The smallest absolute Gasteiger partial charge is 0.243 e. The molecule has 8 nitrogen and oxygen atoms in total. The van der Waals surface area contributed by atoms with Gasteiger partial charge in [-0.25, -0.2) is 22.8 Å². The number of hydrogen-bond acceptors (Lipinski definition) is 7. The highest BCUT2D eigenvalue weighted by molar-refractivity contribution is 7.89. The third-order valence-electron chi connectivity index (χ3n) is 6.56. The van der Waals surface area contributed by atoms with Crippen LogP contribution in [-0.4, -0.2) is 80.1 Å². The predicted molar refractivity (Wildman–Crippen MR) is 128 cm³/mol. The van der Waals surface area contributed by atoms with Gasteiger partial charge in [0.25, 0.3) is 0 Å². The molecule has 2 aliphatic heterocycles. The topological polar surface area (TPSA) is 78.9 Å². The number of rotatable bonds is 5. The van der Waals surface area contributed by atoms with E-state index in [1.807, 2.05) is 24.3 Å². The number of halogens is 1. The number of aromatic nitrogens is 2. The van der Waals surface area contributed by atoms with Gasteiger partial charge in [-0.1, -0.05) is 12.1 Å². The van der Waals surface area contributed by atoms with Gasteiger partial charge in [0.1, 0.15) is 17.5 Å². The first-order valence-electron chi connectivity index (χ1n) is 11.5. The van der Waals surface area contributed by atoms with Crippen molar-refractivity contribution in [1.82, 2.24) is 19.2 Å². The standard InChI is InChI=1S/C24H28FN5O3S/c1-18(28-10-12-30(13-11-28)34(31,32)20-8-6-19(25)7-9-20)23-26-22-5-3-2-4-21(22)24(27-23)29-14-16-33-17-15-29/h2-9,18H,10-17H2,1H3. The van der Waals surface area contributed by atoms with Crippen LogP contribution < -0.4 is 4.90 Å². The van der Waals surface area contributed by atoms with E-state index in [2.05, 4.69) is 16.7 Å². The van der Waals surface area contributed by atoms with Crippen molar-refractivity contribution < 1.29 is 17.5 Å². The fourth-order valence-electron chi connectivity index (χ4n) is 4.53. The third-order valence-corrected chi connectivity index (χ3v) is 8.47. The summed E-state index contributed by atoms with van der Waals surface area (Å²) >= 11 is 0. The van der Waals surface area contributed by atoms with Crippen molar-refractivity contribution in [2.24, 2.45) is 0 Å². The Bertz CT molecular complexity index is 1260. The molecule has 1 aromatic heterocycles. The lowest BCUT2D eigenvalue weighted by Gasteiger charge is -2.37. The highest BCUT2D eigenvalue weighted by Gasteiger charge is 2.31. The molecule has 1 unspecified atom stereocenters. The monoisotopic (exact) mass is 485 g/mol. The first-order chi connectivity index (χ1) is 16.4. The van der Waals surface area contributed by atoms with Crippen molar-refractivity contribution >= 4 is 26.7 Å². The molecular formula is C24H28FN5O3S. The number of ether oxygens (including phenoxy) is 1. The van der Waals surface area contributed by atoms with E-state index in [0.717, 1.165) is 35.6 Å². The van der Waals surface area contributed by atoms with Crippen LogP contribution >= 0.6 is 0 Å². The number of morpholine rings is 1. The van der Waals surface area contributed by atoms with Crippen molar-refractivity contribution in [2.45, 2.75) is 17.9 Å². The average Bonchev–Trinajstić information content (AvgIpc) is 2.88. The lowest BCUT2D eigenvalue weighted by Crippen LogP contribution is -2.49. The van der Waals surface area contributed by atoms with Gasteiger partial charge in [-0.2, -0.15) is 4.31 Å². The molecule has 10 heteroatoms. The maximum Gasteiger partial charge on any atom is 0.243 e. The molecule has 3 aromatic rings. The molecule has 2 fully saturated rings. The molecule has 34 heavy (non-hydrogen) atoms. The summed E-state index contributed by atoms with van der Waals surface area (Å²) in [5, 5.41) is 1.02. The highest BCUT2D eigenvalue weighted by atomic mass is 32.2. The summed E-state index contributed by atoms with van der Waals surface area (Å²) in [5.41, 5.74) is 0.901. The number of benzene rings is 2. The molecule has 0 saturated carbocycles. The third kappa shape index (κ3) is 4.50. The Balaban J connectivity index is 1.35. The number of hydrogen-bond donors (Lipinski definition) is 0. The van der Waals surface area contributed by atoms with Crippen molar-refractivity contribution in [3.63, 3.8) is 0 Å². The van der Waals surface area contributed by atoms with E-state index in [9.17, 15) is 12.8 Å². The SMILES string of the molecule is CC(c1nc(N2CCOCC2)c2ccccc2n1)N1CCN(S(=O)(=O)c2ccc(F)cc2)CC1. The van der Waals surface area contributed by atoms with Crippen LogP contribution in [0.25, 0.3) is 10.9 Å². The summed E-state index contributed by atoms with van der Waals surface area (Å²) in [6.45, 7) is 6.82. The summed E-state index contributed by atoms with van der Waals surface area (Å²) in [6.07, 6.45) is 0. The summed E-state index contributed by atoms with van der Waals surface area (Å²) in [5.74, 6) is 1.20. The van der Waals surface area contributed by atoms with Gasteiger partial charge in [0.05, 0.1) is 29.7 Å². The van der Waals surface area contributed by atoms with Crippen LogP contribution in [0.3, 0.4) is 0 Å². The molecule has 0 radical (unpaired) electrons. The zero-order chi connectivity index (χ0) is 23.7. The second kappa shape index (κ2) is 9.53. The molecule has 0 amide bonds. The predicted octanol–water partition coefficient (Wildman–Crippen LogP) is 2.67. The van der Waals surface area contributed by atoms with Crippen LogP contribution in [0.2, 0.25) is 0 Å². The van der Waals surface area contributed by atoms with E-state index < -0.39 is 15.8 Å². The molecule has 3 heterocycles. The van der Waals surface area contributed by atoms with Gasteiger partial charge in [0.2, 0.25) is 10.0 Å². The number of fused-ring (bicyclic) bond motifs is 1. The van der Waals surface area contributed by atoms with E-state index in [4.69, 9.17) is 14.7 Å². The minimum atomic E-state index is -3.65. The van der Waals surface area contributed by atoms with Crippen LogP contribution in [0.1, 0.15) is 18.8 Å². The van der Waals surface area contributed by atoms with Crippen LogP contribution in [0.5, 0.6) is 0 Å². The van der Waals surface area contributed by atoms with E-state index in [-0.39, 0.29) is 10.9 Å². The van der Waals surface area contributed by atoms with Gasteiger partial charge in [-0.05, 0) is 43.3 Å². The maximum atomic E-state index is 13.2. The molecule has 0 spiro atoms. The van der Waals surface area contributed by atoms with Crippen LogP contribution in [0, 0.1) is 5.82 Å². The minimum Gasteiger partial charge on any atom is -0.378 e. The number of para-hydroxylation sites is 1. The van der Waals surface area contributed by atoms with Crippen molar-refractivity contribution in [3.8, 4) is 0 Å². The second-order valence-corrected chi connectivity index (χ2v) is 10.5. The molecule has 180 valence electrons. The van der Waals surface area contributed by atoms with E-state index in [0.29, 0.717) is 39.4 Å². The molecule has 2 saturated heterocycles. The van der Waals surface area contributed by atoms with Gasteiger partial charge in [0, 0.05) is 44.7 Å². The Labute approximate surface area is 199 Å². The zero-order valence-electron chi connectivity index (χ0n) is 19.1. The second-order valence-electron chi connectivity index (χ2n) is 8.59. The number of anilines is 1. The lowest BCUT2D eigenvalue weighted by molar-refractivity contribution is 0.122. The Kier molecular flexibility index (Phi) is 6.48. The zero-order valence-corrected chi connectivity index (χ0v) is 19.9. The van der Waals surface area contributed by atoms with E-state index in [1.165, 1.54) is 28.6 Å². The summed E-state index contributed by atoms with van der Waals surface area (Å²) < 4.78 is 46.1. The first kappa shape index (κ1) is 23.1.